The second-order valence-electron chi connectivity index (χ2n) is 9.40. The first-order valence-corrected chi connectivity index (χ1v) is 11.6. The van der Waals surface area contributed by atoms with Gasteiger partial charge in [-0.05, 0) is 41.5 Å². The minimum atomic E-state index is -5.82. The average Bonchev–Trinajstić information content (AvgIpc) is 3.36. The summed E-state index contributed by atoms with van der Waals surface area (Å²) in [6.45, 7) is 3.40. The minimum absolute atomic E-state index is 0.205. The molecule has 2 aromatic rings. The van der Waals surface area contributed by atoms with E-state index in [-0.39, 0.29) is 6.42 Å². The SMILES string of the molecule is CC1(C)[C@H](CC(=O)O[C@H](C#N)c2cccc(Oc3ccccc3)c2)[C@@H]1/C=C\C(=O)OC(C(F)(F)F)C(F)(F)F. The molecule has 0 bridgehead atoms. The number of halogens is 6. The van der Waals surface area contributed by atoms with Crippen molar-refractivity contribution in [2.24, 2.45) is 17.3 Å². The zero-order valence-electron chi connectivity index (χ0n) is 20.6. The van der Waals surface area contributed by atoms with Gasteiger partial charge in [-0.2, -0.15) is 31.6 Å². The number of hydrogen-bond acceptors (Lipinski definition) is 6. The molecule has 208 valence electrons. The molecule has 1 aliphatic carbocycles. The number of carbonyl (C=O) groups is 2. The zero-order chi connectivity index (χ0) is 29.0. The summed E-state index contributed by atoms with van der Waals surface area (Å²) in [7, 11) is 0. The number of ether oxygens (including phenoxy) is 3. The molecule has 12 heteroatoms. The normalized spacial score (nSPS) is 19.3. The molecule has 2 aromatic carbocycles. The number of allylic oxidation sites excluding steroid dienone is 1. The first kappa shape index (κ1) is 29.5. The van der Waals surface area contributed by atoms with Crippen molar-refractivity contribution in [1.82, 2.24) is 0 Å². The highest BCUT2D eigenvalue weighted by atomic mass is 19.4. The molecular formula is C27H23F6NO5. The third-order valence-corrected chi connectivity index (χ3v) is 6.30. The van der Waals surface area contributed by atoms with E-state index in [0.29, 0.717) is 23.1 Å². The van der Waals surface area contributed by atoms with Gasteiger partial charge in [0, 0.05) is 18.1 Å². The van der Waals surface area contributed by atoms with Crippen LogP contribution in [0.15, 0.2) is 66.7 Å². The molecule has 3 atom stereocenters. The molecule has 6 nitrogen and oxygen atoms in total. The van der Waals surface area contributed by atoms with Crippen molar-refractivity contribution in [2.75, 3.05) is 0 Å². The molecule has 0 unspecified atom stereocenters. The lowest BCUT2D eigenvalue weighted by atomic mass is 10.1. The van der Waals surface area contributed by atoms with Gasteiger partial charge in [-0.25, -0.2) is 4.79 Å². The van der Waals surface area contributed by atoms with E-state index >= 15 is 0 Å². The number of para-hydroxylation sites is 1. The fraction of sp³-hybridized carbons (Fsp3) is 0.370. The third-order valence-electron chi connectivity index (χ3n) is 6.30. The molecule has 0 N–H and O–H groups in total. The summed E-state index contributed by atoms with van der Waals surface area (Å²) < 4.78 is 90.2. The quantitative estimate of drug-likeness (QED) is 0.191. The Hall–Kier alpha value is -4.01. The number of benzene rings is 2. The first-order valence-electron chi connectivity index (χ1n) is 11.6. The highest BCUT2D eigenvalue weighted by Gasteiger charge is 2.60. The lowest BCUT2D eigenvalue weighted by molar-refractivity contribution is -0.312. The van der Waals surface area contributed by atoms with Crippen LogP contribution in [0.25, 0.3) is 0 Å². The summed E-state index contributed by atoms with van der Waals surface area (Å²) in [5, 5.41) is 9.55. The second kappa shape index (κ2) is 11.4. The van der Waals surface area contributed by atoms with Gasteiger partial charge < -0.3 is 14.2 Å². The number of nitrogens with zero attached hydrogens (tertiary/aromatic N) is 1. The van der Waals surface area contributed by atoms with Crippen LogP contribution in [0, 0.1) is 28.6 Å². The molecule has 0 aliphatic heterocycles. The molecule has 0 heterocycles. The molecule has 3 rings (SSSR count). The first-order chi connectivity index (χ1) is 18.1. The van der Waals surface area contributed by atoms with Gasteiger partial charge in [0.1, 0.15) is 17.6 Å². The molecule has 1 saturated carbocycles. The monoisotopic (exact) mass is 555 g/mol. The number of nitriles is 1. The molecule has 0 saturated heterocycles. The van der Waals surface area contributed by atoms with Crippen LogP contribution in [0.4, 0.5) is 26.3 Å². The predicted molar refractivity (Wildman–Crippen MR) is 124 cm³/mol. The van der Waals surface area contributed by atoms with E-state index < -0.39 is 53.7 Å². The van der Waals surface area contributed by atoms with Crippen LogP contribution in [-0.2, 0) is 19.1 Å². The van der Waals surface area contributed by atoms with E-state index in [0.717, 1.165) is 6.08 Å². The Kier molecular flexibility index (Phi) is 8.63. The second-order valence-corrected chi connectivity index (χ2v) is 9.40. The number of hydrogen-bond donors (Lipinski definition) is 0. The Balaban J connectivity index is 1.59. The molecule has 0 spiro atoms. The fourth-order valence-electron chi connectivity index (χ4n) is 4.11. The molecule has 0 amide bonds. The maximum Gasteiger partial charge on any atom is 0.434 e. The van der Waals surface area contributed by atoms with Gasteiger partial charge in [-0.3, -0.25) is 4.79 Å². The van der Waals surface area contributed by atoms with E-state index in [4.69, 9.17) is 9.47 Å². The van der Waals surface area contributed by atoms with E-state index in [2.05, 4.69) is 4.74 Å². The number of carbonyl (C=O) groups excluding carboxylic acids is 2. The molecular weight excluding hydrogens is 532 g/mol. The van der Waals surface area contributed by atoms with Crippen LogP contribution in [-0.4, -0.2) is 30.4 Å². The molecule has 0 radical (unpaired) electrons. The summed E-state index contributed by atoms with van der Waals surface area (Å²) in [4.78, 5) is 24.2. The van der Waals surface area contributed by atoms with Crippen molar-refractivity contribution in [3.05, 3.63) is 72.3 Å². The Bertz CT molecular complexity index is 1240. The largest absolute Gasteiger partial charge is 0.457 e. The Morgan fingerprint density at radius 1 is 0.974 bits per heavy atom. The van der Waals surface area contributed by atoms with Gasteiger partial charge in [0.25, 0.3) is 6.10 Å². The lowest BCUT2D eigenvalue weighted by Crippen LogP contribution is -2.45. The van der Waals surface area contributed by atoms with Crippen molar-refractivity contribution in [3.8, 4) is 17.6 Å². The van der Waals surface area contributed by atoms with Crippen LogP contribution in [0.5, 0.6) is 11.5 Å². The maximum atomic E-state index is 12.6. The van der Waals surface area contributed by atoms with Crippen LogP contribution >= 0.6 is 0 Å². The Morgan fingerprint density at radius 3 is 2.18 bits per heavy atom. The van der Waals surface area contributed by atoms with Crippen molar-refractivity contribution in [1.29, 1.82) is 5.26 Å². The molecule has 1 aliphatic rings. The predicted octanol–water partition coefficient (Wildman–Crippen LogP) is 6.84. The lowest BCUT2D eigenvalue weighted by Gasteiger charge is -2.22. The van der Waals surface area contributed by atoms with Gasteiger partial charge in [-0.1, -0.05) is 50.3 Å². The van der Waals surface area contributed by atoms with Gasteiger partial charge >= 0.3 is 24.3 Å². The standard InChI is InChI=1S/C27H23F6NO5/c1-25(2)19(11-12-22(35)39-24(26(28,29)30)27(31,32)33)20(25)14-23(36)38-21(15-34)16-7-6-10-18(13-16)37-17-8-4-3-5-9-17/h3-13,19-21,24H,14H2,1-2H3/b12-11-/t19-,20+,21+/m0/s1. The van der Waals surface area contributed by atoms with Crippen LogP contribution in [0.3, 0.4) is 0 Å². The molecule has 39 heavy (non-hydrogen) atoms. The highest BCUT2D eigenvalue weighted by molar-refractivity contribution is 5.82. The third kappa shape index (κ3) is 7.75. The Labute approximate surface area is 219 Å². The number of esters is 2. The van der Waals surface area contributed by atoms with Crippen molar-refractivity contribution in [2.45, 2.75) is 44.8 Å². The van der Waals surface area contributed by atoms with Gasteiger partial charge in [-0.15, -0.1) is 0 Å². The van der Waals surface area contributed by atoms with E-state index in [1.54, 1.807) is 62.4 Å². The summed E-state index contributed by atoms with van der Waals surface area (Å²) in [5.41, 5.74) is -0.258. The van der Waals surface area contributed by atoms with Gasteiger partial charge in [0.05, 0.1) is 0 Å². The topological polar surface area (TPSA) is 85.6 Å². The zero-order valence-corrected chi connectivity index (χ0v) is 20.6. The fourth-order valence-corrected chi connectivity index (χ4v) is 4.11. The number of rotatable bonds is 9. The van der Waals surface area contributed by atoms with Crippen LogP contribution in [0.1, 0.15) is 31.9 Å². The van der Waals surface area contributed by atoms with Gasteiger partial charge in [0.15, 0.2) is 0 Å². The number of alkyl halides is 6. The van der Waals surface area contributed by atoms with E-state index in [9.17, 15) is 41.2 Å². The van der Waals surface area contributed by atoms with Crippen molar-refractivity contribution < 1.29 is 50.1 Å². The summed E-state index contributed by atoms with van der Waals surface area (Å²) in [5.74, 6) is -2.57. The minimum Gasteiger partial charge on any atom is -0.457 e. The summed E-state index contributed by atoms with van der Waals surface area (Å²) in [6, 6.07) is 17.2. The molecule has 0 aromatic heterocycles. The van der Waals surface area contributed by atoms with E-state index in [1.165, 1.54) is 0 Å². The maximum absolute atomic E-state index is 12.6. The van der Waals surface area contributed by atoms with Crippen LogP contribution in [0.2, 0.25) is 0 Å². The average molecular weight is 555 g/mol. The van der Waals surface area contributed by atoms with Gasteiger partial charge in [0.2, 0.25) is 6.10 Å². The Morgan fingerprint density at radius 2 is 1.59 bits per heavy atom. The van der Waals surface area contributed by atoms with Crippen molar-refractivity contribution >= 4 is 11.9 Å². The summed E-state index contributed by atoms with van der Waals surface area (Å²) in [6.07, 6.45) is -15.8. The summed E-state index contributed by atoms with van der Waals surface area (Å²) >= 11 is 0. The van der Waals surface area contributed by atoms with E-state index in [1.807, 2.05) is 12.1 Å². The molecule has 1 fully saturated rings. The smallest absolute Gasteiger partial charge is 0.434 e. The van der Waals surface area contributed by atoms with Crippen molar-refractivity contribution in [3.63, 3.8) is 0 Å². The van der Waals surface area contributed by atoms with Crippen LogP contribution < -0.4 is 4.74 Å². The highest BCUT2D eigenvalue weighted by Crippen LogP contribution is 2.60.